The molecule has 0 unspecified atom stereocenters. The van der Waals surface area contributed by atoms with E-state index in [4.69, 9.17) is 4.74 Å². The number of nitrogens with zero attached hydrogens (tertiary/aromatic N) is 3. The van der Waals surface area contributed by atoms with Gasteiger partial charge in [0.05, 0.1) is 22.4 Å². The molecule has 1 fully saturated rings. The fourth-order valence-electron chi connectivity index (χ4n) is 5.03. The number of hydrogen-bond donors (Lipinski definition) is 2. The molecule has 0 bridgehead atoms. The normalized spacial score (nSPS) is 16.1. The van der Waals surface area contributed by atoms with Crippen LogP contribution in [0.1, 0.15) is 21.7 Å². The van der Waals surface area contributed by atoms with E-state index in [1.54, 1.807) is 54.4 Å². The number of benzene rings is 2. The lowest BCUT2D eigenvalue weighted by Crippen LogP contribution is -2.39. The number of carbonyl (C=O) groups excluding carboxylic acids is 3. The Labute approximate surface area is 232 Å². The third kappa shape index (κ3) is 4.34. The van der Waals surface area contributed by atoms with E-state index in [0.717, 1.165) is 11.3 Å². The summed E-state index contributed by atoms with van der Waals surface area (Å²) in [6.07, 6.45) is 3.43. The molecular weight excluding hydrogens is 533 g/mol. The van der Waals surface area contributed by atoms with E-state index >= 15 is 4.39 Å². The smallest absolute Gasteiger partial charge is 0.331 e. The monoisotopic (exact) mass is 557 g/mol. The third-order valence-corrected chi connectivity index (χ3v) is 8.09. The molecule has 11 heteroatoms. The Morgan fingerprint density at radius 3 is 2.77 bits per heavy atom. The molecule has 1 saturated heterocycles. The number of nitrogens with one attached hydrogen (secondary N) is 2. The quantitative estimate of drug-likeness (QED) is 0.295. The Bertz CT molecular complexity index is 1690. The first kappa shape index (κ1) is 25.5. The summed E-state index contributed by atoms with van der Waals surface area (Å²) in [5, 5.41) is 6.39. The van der Waals surface area contributed by atoms with E-state index in [2.05, 4.69) is 22.2 Å². The third-order valence-electron chi connectivity index (χ3n) is 7.00. The van der Waals surface area contributed by atoms with Crippen molar-refractivity contribution < 1.29 is 23.5 Å². The number of hydrogen-bond acceptors (Lipinski definition) is 6. The van der Waals surface area contributed by atoms with Crippen LogP contribution in [0.2, 0.25) is 0 Å². The molecule has 2 N–H and O–H groups in total. The van der Waals surface area contributed by atoms with Crippen LogP contribution in [-0.4, -0.2) is 46.9 Å². The van der Waals surface area contributed by atoms with Crippen molar-refractivity contribution in [2.45, 2.75) is 19.4 Å². The lowest BCUT2D eigenvalue weighted by atomic mass is 10.1. The first-order valence-corrected chi connectivity index (χ1v) is 13.4. The maximum Gasteiger partial charge on any atom is 0.331 e. The van der Waals surface area contributed by atoms with Crippen LogP contribution in [0.5, 0.6) is 11.5 Å². The van der Waals surface area contributed by atoms with Gasteiger partial charge in [0.25, 0.3) is 5.91 Å². The first-order valence-electron chi connectivity index (χ1n) is 12.6. The van der Waals surface area contributed by atoms with Crippen molar-refractivity contribution in [1.29, 1.82) is 0 Å². The Kier molecular flexibility index (Phi) is 6.43. The topological polar surface area (TPSA) is 104 Å². The number of ether oxygens (including phenoxy) is 1. The number of halogens is 1. The molecule has 4 aromatic rings. The number of anilines is 3. The molecule has 40 heavy (non-hydrogen) atoms. The molecule has 1 atom stereocenters. The van der Waals surface area contributed by atoms with Crippen LogP contribution in [-0.2, 0) is 4.79 Å². The molecule has 6 rings (SSSR count). The molecule has 4 amide bonds. The lowest BCUT2D eigenvalue weighted by Gasteiger charge is -2.30. The number of likely N-dealkylation sites (tertiary alicyclic amines) is 1. The van der Waals surface area contributed by atoms with Crippen molar-refractivity contribution in [3.8, 4) is 11.5 Å². The number of rotatable bonds is 6. The second-order valence-electron chi connectivity index (χ2n) is 9.47. The largest absolute Gasteiger partial charge is 0.454 e. The number of pyridine rings is 1. The van der Waals surface area contributed by atoms with Gasteiger partial charge in [-0.25, -0.2) is 14.2 Å². The fraction of sp³-hybridized carbons (Fsp3) is 0.172. The molecule has 2 aliphatic rings. The Morgan fingerprint density at radius 2 is 2.00 bits per heavy atom. The molecule has 202 valence electrons. The fourth-order valence-corrected chi connectivity index (χ4v) is 6.05. The summed E-state index contributed by atoms with van der Waals surface area (Å²) in [7, 11) is 0. The number of aromatic nitrogens is 1. The SMILES string of the molecule is C=CC(=O)N1CC[C@@H](NC(=O)c2sc3nccc4c3c2NC(=O)N4c2ccc(Oc3ccccc3)c(F)c2C)C1. The molecule has 0 aliphatic carbocycles. The average molecular weight is 558 g/mol. The van der Waals surface area contributed by atoms with Crippen LogP contribution in [0, 0.1) is 12.7 Å². The van der Waals surface area contributed by atoms with Gasteiger partial charge in [-0.3, -0.25) is 14.5 Å². The Hall–Kier alpha value is -4.77. The first-order chi connectivity index (χ1) is 19.4. The molecule has 0 spiro atoms. The number of para-hydroxylation sites is 1. The summed E-state index contributed by atoms with van der Waals surface area (Å²) in [4.78, 5) is 47.0. The zero-order valence-electron chi connectivity index (χ0n) is 21.4. The highest BCUT2D eigenvalue weighted by atomic mass is 32.1. The van der Waals surface area contributed by atoms with Crippen LogP contribution >= 0.6 is 11.3 Å². The number of amides is 4. The van der Waals surface area contributed by atoms with Gasteiger partial charge in [0.2, 0.25) is 5.91 Å². The molecular formula is C29H24FN5O4S. The second-order valence-corrected chi connectivity index (χ2v) is 10.5. The van der Waals surface area contributed by atoms with Crippen molar-refractivity contribution in [2.75, 3.05) is 23.3 Å². The summed E-state index contributed by atoms with van der Waals surface area (Å²) in [5.74, 6) is -0.593. The average Bonchev–Trinajstić information content (AvgIpc) is 3.58. The van der Waals surface area contributed by atoms with Crippen molar-refractivity contribution in [3.63, 3.8) is 0 Å². The van der Waals surface area contributed by atoms with Crippen LogP contribution in [0.4, 0.5) is 26.2 Å². The molecule has 4 heterocycles. The van der Waals surface area contributed by atoms with E-state index in [-0.39, 0.29) is 29.2 Å². The van der Waals surface area contributed by atoms with Crippen LogP contribution in [0.3, 0.4) is 0 Å². The summed E-state index contributed by atoms with van der Waals surface area (Å²) in [6.45, 7) is 6.00. The maximum atomic E-state index is 15.4. The number of urea groups is 1. The predicted octanol–water partition coefficient (Wildman–Crippen LogP) is 5.74. The standard InChI is InChI=1S/C29H24FN5O4S/c1-3-22(36)34-14-12-17(15-34)32-27(37)26-25-23-20(11-13-31-28(23)40-26)35(29(38)33-25)19-9-10-21(24(30)16(19)2)39-18-7-5-4-6-8-18/h3-11,13,17H,1,12,14-15H2,2H3,(H,32,37)(H,33,38)/t17-/m1/s1. The zero-order chi connectivity index (χ0) is 28.0. The van der Waals surface area contributed by atoms with Crippen LogP contribution in [0.25, 0.3) is 10.2 Å². The minimum atomic E-state index is -0.587. The van der Waals surface area contributed by atoms with E-state index < -0.39 is 11.8 Å². The molecule has 0 radical (unpaired) electrons. The minimum Gasteiger partial charge on any atom is -0.454 e. The van der Waals surface area contributed by atoms with Crippen molar-refractivity contribution >= 4 is 56.5 Å². The Morgan fingerprint density at radius 1 is 1.20 bits per heavy atom. The Balaban J connectivity index is 1.32. The summed E-state index contributed by atoms with van der Waals surface area (Å²) in [5.41, 5.74) is 1.41. The van der Waals surface area contributed by atoms with Gasteiger partial charge in [-0.1, -0.05) is 24.8 Å². The molecule has 2 aromatic carbocycles. The molecule has 2 aromatic heterocycles. The highest BCUT2D eigenvalue weighted by Gasteiger charge is 2.35. The van der Waals surface area contributed by atoms with Crippen molar-refractivity contribution in [1.82, 2.24) is 15.2 Å². The predicted molar refractivity (Wildman–Crippen MR) is 151 cm³/mol. The van der Waals surface area contributed by atoms with Gasteiger partial charge in [0.1, 0.15) is 15.5 Å². The summed E-state index contributed by atoms with van der Waals surface area (Å²) in [6, 6.07) is 12.9. The minimum absolute atomic E-state index is 0.0418. The van der Waals surface area contributed by atoms with E-state index in [9.17, 15) is 14.4 Å². The van der Waals surface area contributed by atoms with Gasteiger partial charge in [-0.05, 0) is 49.8 Å². The summed E-state index contributed by atoms with van der Waals surface area (Å²) < 4.78 is 21.2. The molecule has 9 nitrogen and oxygen atoms in total. The highest BCUT2D eigenvalue weighted by Crippen LogP contribution is 2.47. The second kappa shape index (κ2) is 10.1. The van der Waals surface area contributed by atoms with Crippen molar-refractivity contribution in [2.24, 2.45) is 0 Å². The van der Waals surface area contributed by atoms with Gasteiger partial charge in [-0.15, -0.1) is 11.3 Å². The zero-order valence-corrected chi connectivity index (χ0v) is 22.3. The maximum absolute atomic E-state index is 15.4. The van der Waals surface area contributed by atoms with Gasteiger partial charge < -0.3 is 20.3 Å². The van der Waals surface area contributed by atoms with E-state index in [0.29, 0.717) is 57.4 Å². The highest BCUT2D eigenvalue weighted by molar-refractivity contribution is 7.21. The molecule has 0 saturated carbocycles. The van der Waals surface area contributed by atoms with E-state index in [1.807, 2.05) is 6.07 Å². The van der Waals surface area contributed by atoms with E-state index in [1.165, 1.54) is 17.0 Å². The van der Waals surface area contributed by atoms with Gasteiger partial charge >= 0.3 is 6.03 Å². The van der Waals surface area contributed by atoms with Crippen LogP contribution in [0.15, 0.2) is 67.4 Å². The van der Waals surface area contributed by atoms with Crippen LogP contribution < -0.4 is 20.3 Å². The van der Waals surface area contributed by atoms with Gasteiger partial charge in [-0.2, -0.15) is 0 Å². The summed E-state index contributed by atoms with van der Waals surface area (Å²) >= 11 is 1.16. The van der Waals surface area contributed by atoms with Crippen molar-refractivity contribution in [3.05, 3.63) is 83.6 Å². The number of carbonyl (C=O) groups is 3. The number of thiophene rings is 1. The molecule has 2 aliphatic heterocycles. The van der Waals surface area contributed by atoms with Gasteiger partial charge in [0, 0.05) is 30.9 Å². The van der Waals surface area contributed by atoms with Gasteiger partial charge in [0.15, 0.2) is 11.6 Å². The lowest BCUT2D eigenvalue weighted by molar-refractivity contribution is -0.125.